The smallest absolute Gasteiger partial charge is 0.289 e. The van der Waals surface area contributed by atoms with E-state index in [-0.39, 0.29) is 17.1 Å². The molecule has 5 nitrogen and oxygen atoms in total. The highest BCUT2D eigenvalue weighted by atomic mass is 16.3. The highest BCUT2D eigenvalue weighted by Gasteiger charge is 2.26. The Morgan fingerprint density at radius 1 is 1.04 bits per heavy atom. The fourth-order valence-corrected chi connectivity index (χ4v) is 4.34. The second kappa shape index (κ2) is 8.26. The Morgan fingerprint density at radius 3 is 2.56 bits per heavy atom. The number of hydrogen-bond acceptors (Lipinski definition) is 4. The molecule has 2 aliphatic rings. The maximum Gasteiger partial charge on any atom is 0.289 e. The SMILES string of the molecule is O=C(c1cc(=O)c2ccccc2o1)N1CCC(CCN2CCCCC2)CC1. The lowest BCUT2D eigenvalue weighted by Gasteiger charge is -2.33. The molecule has 2 aliphatic heterocycles. The van der Waals surface area contributed by atoms with Crippen LogP contribution in [0.3, 0.4) is 0 Å². The predicted octanol–water partition coefficient (Wildman–Crippen LogP) is 3.52. The Kier molecular flexibility index (Phi) is 5.58. The van der Waals surface area contributed by atoms with Crippen LogP contribution in [0.5, 0.6) is 0 Å². The molecule has 2 saturated heterocycles. The largest absolute Gasteiger partial charge is 0.451 e. The molecule has 27 heavy (non-hydrogen) atoms. The summed E-state index contributed by atoms with van der Waals surface area (Å²) in [5.74, 6) is 0.692. The number of benzene rings is 1. The highest BCUT2D eigenvalue weighted by Crippen LogP contribution is 2.23. The number of carbonyl (C=O) groups excluding carboxylic acids is 1. The Labute approximate surface area is 159 Å². The molecule has 4 rings (SSSR count). The second-order valence-corrected chi connectivity index (χ2v) is 7.90. The van der Waals surface area contributed by atoms with Gasteiger partial charge < -0.3 is 14.2 Å². The molecule has 0 saturated carbocycles. The van der Waals surface area contributed by atoms with Gasteiger partial charge in [0.05, 0.1) is 5.39 Å². The van der Waals surface area contributed by atoms with Gasteiger partial charge in [-0.3, -0.25) is 9.59 Å². The molecule has 0 radical (unpaired) electrons. The number of piperidine rings is 2. The van der Waals surface area contributed by atoms with Gasteiger partial charge in [0.15, 0.2) is 11.2 Å². The average molecular weight is 368 g/mol. The third kappa shape index (κ3) is 4.24. The van der Waals surface area contributed by atoms with E-state index in [0.29, 0.717) is 16.9 Å². The van der Waals surface area contributed by atoms with Crippen molar-refractivity contribution in [2.75, 3.05) is 32.7 Å². The lowest BCUT2D eigenvalue weighted by molar-refractivity contribution is 0.0648. The van der Waals surface area contributed by atoms with Crippen LogP contribution in [0, 0.1) is 5.92 Å². The van der Waals surface area contributed by atoms with Gasteiger partial charge in [-0.05, 0) is 69.8 Å². The van der Waals surface area contributed by atoms with E-state index in [9.17, 15) is 9.59 Å². The van der Waals surface area contributed by atoms with Gasteiger partial charge in [-0.25, -0.2) is 0 Å². The van der Waals surface area contributed by atoms with Crippen molar-refractivity contribution in [2.45, 2.75) is 38.5 Å². The van der Waals surface area contributed by atoms with E-state index in [1.807, 2.05) is 11.0 Å². The van der Waals surface area contributed by atoms with Gasteiger partial charge >= 0.3 is 0 Å². The molecule has 2 aromatic rings. The van der Waals surface area contributed by atoms with Crippen molar-refractivity contribution in [3.63, 3.8) is 0 Å². The Hall–Kier alpha value is -2.14. The zero-order valence-corrected chi connectivity index (χ0v) is 15.9. The van der Waals surface area contributed by atoms with Gasteiger partial charge in [-0.2, -0.15) is 0 Å². The summed E-state index contributed by atoms with van der Waals surface area (Å²) >= 11 is 0. The Morgan fingerprint density at radius 2 is 1.78 bits per heavy atom. The van der Waals surface area contributed by atoms with Gasteiger partial charge in [0.25, 0.3) is 5.91 Å². The molecule has 0 unspecified atom stereocenters. The number of likely N-dealkylation sites (tertiary alicyclic amines) is 2. The number of carbonyl (C=O) groups is 1. The van der Waals surface area contributed by atoms with E-state index in [4.69, 9.17) is 4.42 Å². The first kappa shape index (κ1) is 18.2. The van der Waals surface area contributed by atoms with Crippen molar-refractivity contribution in [1.82, 2.24) is 9.80 Å². The van der Waals surface area contributed by atoms with E-state index in [0.717, 1.165) is 25.9 Å². The zero-order chi connectivity index (χ0) is 18.6. The van der Waals surface area contributed by atoms with Crippen LogP contribution in [0.15, 0.2) is 39.5 Å². The maximum absolute atomic E-state index is 12.8. The highest BCUT2D eigenvalue weighted by molar-refractivity contribution is 5.93. The van der Waals surface area contributed by atoms with Crippen molar-refractivity contribution in [3.8, 4) is 0 Å². The van der Waals surface area contributed by atoms with Crippen molar-refractivity contribution in [1.29, 1.82) is 0 Å². The minimum atomic E-state index is -0.160. The van der Waals surface area contributed by atoms with E-state index < -0.39 is 0 Å². The first-order valence-corrected chi connectivity index (χ1v) is 10.3. The summed E-state index contributed by atoms with van der Waals surface area (Å²) in [6.07, 6.45) is 7.36. The molecular formula is C22H28N2O3. The monoisotopic (exact) mass is 368 g/mol. The van der Waals surface area contributed by atoms with Gasteiger partial charge in [0, 0.05) is 19.2 Å². The van der Waals surface area contributed by atoms with E-state index in [2.05, 4.69) is 4.90 Å². The third-order valence-corrected chi connectivity index (χ3v) is 6.05. The third-order valence-electron chi connectivity index (χ3n) is 6.05. The van der Waals surface area contributed by atoms with Crippen LogP contribution in [-0.4, -0.2) is 48.4 Å². The van der Waals surface area contributed by atoms with Gasteiger partial charge in [0.2, 0.25) is 0 Å². The molecule has 5 heteroatoms. The van der Waals surface area contributed by atoms with Crippen molar-refractivity contribution in [2.24, 2.45) is 5.92 Å². The van der Waals surface area contributed by atoms with E-state index >= 15 is 0 Å². The molecule has 1 amide bonds. The standard InChI is InChI=1S/C22H28N2O3/c25-19-16-21(27-20-7-3-2-6-18(19)20)22(26)24-14-9-17(10-15-24)8-13-23-11-4-1-5-12-23/h2-3,6-7,16-17H,1,4-5,8-15H2. The number of para-hydroxylation sites is 1. The summed E-state index contributed by atoms with van der Waals surface area (Å²) < 4.78 is 5.71. The molecule has 3 heterocycles. The molecule has 2 fully saturated rings. The van der Waals surface area contributed by atoms with Crippen LogP contribution < -0.4 is 5.43 Å². The summed E-state index contributed by atoms with van der Waals surface area (Å²) in [6, 6.07) is 8.42. The van der Waals surface area contributed by atoms with Crippen LogP contribution in [-0.2, 0) is 0 Å². The quantitative estimate of drug-likeness (QED) is 0.829. The topological polar surface area (TPSA) is 53.8 Å². The molecule has 0 aliphatic carbocycles. The second-order valence-electron chi connectivity index (χ2n) is 7.90. The van der Waals surface area contributed by atoms with Gasteiger partial charge in [0.1, 0.15) is 5.58 Å². The predicted molar refractivity (Wildman–Crippen MR) is 106 cm³/mol. The molecule has 0 N–H and O–H groups in total. The summed E-state index contributed by atoms with van der Waals surface area (Å²) in [5.41, 5.74) is 0.321. The molecular weight excluding hydrogens is 340 g/mol. The van der Waals surface area contributed by atoms with Crippen LogP contribution in [0.1, 0.15) is 49.1 Å². The molecule has 144 valence electrons. The molecule has 1 aromatic heterocycles. The number of fused-ring (bicyclic) bond motifs is 1. The molecule has 1 aromatic carbocycles. The maximum atomic E-state index is 12.8. The summed E-state index contributed by atoms with van der Waals surface area (Å²) in [7, 11) is 0. The lowest BCUT2D eigenvalue weighted by atomic mass is 9.93. The fraction of sp³-hybridized carbons (Fsp3) is 0.545. The number of hydrogen-bond donors (Lipinski definition) is 0. The summed E-state index contributed by atoms with van der Waals surface area (Å²) in [6.45, 7) is 5.19. The number of nitrogens with zero attached hydrogens (tertiary/aromatic N) is 2. The van der Waals surface area contributed by atoms with Crippen LogP contribution in [0.4, 0.5) is 0 Å². The summed E-state index contributed by atoms with van der Waals surface area (Å²) in [5, 5.41) is 0.519. The molecule has 0 bridgehead atoms. The minimum Gasteiger partial charge on any atom is -0.451 e. The van der Waals surface area contributed by atoms with Crippen LogP contribution in [0.25, 0.3) is 11.0 Å². The Balaban J connectivity index is 1.34. The average Bonchev–Trinajstić information content (AvgIpc) is 2.73. The molecule has 0 spiro atoms. The van der Waals surface area contributed by atoms with E-state index in [1.54, 1.807) is 18.2 Å². The van der Waals surface area contributed by atoms with Crippen LogP contribution >= 0.6 is 0 Å². The van der Waals surface area contributed by atoms with Gasteiger partial charge in [-0.15, -0.1) is 0 Å². The van der Waals surface area contributed by atoms with Crippen LogP contribution in [0.2, 0.25) is 0 Å². The van der Waals surface area contributed by atoms with Gasteiger partial charge in [-0.1, -0.05) is 18.6 Å². The first-order valence-electron chi connectivity index (χ1n) is 10.3. The zero-order valence-electron chi connectivity index (χ0n) is 15.9. The number of amides is 1. The van der Waals surface area contributed by atoms with E-state index in [1.165, 1.54) is 51.4 Å². The van der Waals surface area contributed by atoms with Crippen molar-refractivity contribution in [3.05, 3.63) is 46.3 Å². The fourth-order valence-electron chi connectivity index (χ4n) is 4.34. The summed E-state index contributed by atoms with van der Waals surface area (Å²) in [4.78, 5) is 29.5. The minimum absolute atomic E-state index is 0.156. The Bertz CT molecular complexity index is 846. The van der Waals surface area contributed by atoms with Crippen molar-refractivity contribution < 1.29 is 9.21 Å². The molecule has 0 atom stereocenters. The number of rotatable bonds is 4. The first-order chi connectivity index (χ1) is 13.2. The lowest BCUT2D eigenvalue weighted by Crippen LogP contribution is -2.40. The van der Waals surface area contributed by atoms with Crippen molar-refractivity contribution >= 4 is 16.9 Å². The normalized spacial score (nSPS) is 19.5.